The zero-order valence-electron chi connectivity index (χ0n) is 21.8. The van der Waals surface area contributed by atoms with E-state index < -0.39 is 40.7 Å². The van der Waals surface area contributed by atoms with Gasteiger partial charge in [-0.3, -0.25) is 9.69 Å². The van der Waals surface area contributed by atoms with Crippen LogP contribution >= 0.6 is 0 Å². The predicted molar refractivity (Wildman–Crippen MR) is 136 cm³/mol. The molecule has 8 nitrogen and oxygen atoms in total. The molecule has 37 heavy (non-hydrogen) atoms. The fourth-order valence-corrected chi connectivity index (χ4v) is 5.21. The Balaban J connectivity index is 1.81. The highest BCUT2D eigenvalue weighted by Gasteiger charge is 2.63. The molecule has 5 rings (SSSR count). The highest BCUT2D eigenvalue weighted by atomic mass is 19.1. The maximum Gasteiger partial charge on any atom is 0.421 e. The van der Waals surface area contributed by atoms with Crippen LogP contribution in [0.25, 0.3) is 10.9 Å². The Kier molecular flexibility index (Phi) is 5.40. The van der Waals surface area contributed by atoms with Gasteiger partial charge >= 0.3 is 12.2 Å². The summed E-state index contributed by atoms with van der Waals surface area (Å²) in [7, 11) is 0. The average molecular weight is 508 g/mol. The van der Waals surface area contributed by atoms with Crippen LogP contribution in [0, 0.1) is 5.82 Å². The first kappa shape index (κ1) is 24.8. The SMILES string of the molecule is CC(C)(C)OC(=O)N1C(=O)[C@@]2(c3cc(F)ccc31)c1[nH]c3ccccc3c1CCN2C(=O)OC(C)(C)C. The lowest BCUT2D eigenvalue weighted by Crippen LogP contribution is -2.60. The average Bonchev–Trinajstić information content (AvgIpc) is 3.26. The van der Waals surface area contributed by atoms with Gasteiger partial charge in [0.15, 0.2) is 5.54 Å². The molecule has 3 aromatic rings. The number of aromatic amines is 1. The highest BCUT2D eigenvalue weighted by Crippen LogP contribution is 2.52. The predicted octanol–water partition coefficient (Wildman–Crippen LogP) is 5.63. The Morgan fingerprint density at radius 2 is 1.62 bits per heavy atom. The van der Waals surface area contributed by atoms with Crippen molar-refractivity contribution in [2.24, 2.45) is 0 Å². The molecule has 1 spiro atoms. The number of benzene rings is 2. The van der Waals surface area contributed by atoms with Gasteiger partial charge in [-0.2, -0.15) is 0 Å². The summed E-state index contributed by atoms with van der Waals surface area (Å²) < 4.78 is 26.1. The number of aromatic nitrogens is 1. The number of hydrogen-bond acceptors (Lipinski definition) is 5. The smallest absolute Gasteiger partial charge is 0.421 e. The lowest BCUT2D eigenvalue weighted by atomic mass is 9.80. The summed E-state index contributed by atoms with van der Waals surface area (Å²) >= 11 is 0. The summed E-state index contributed by atoms with van der Waals surface area (Å²) in [6.07, 6.45) is -1.22. The summed E-state index contributed by atoms with van der Waals surface area (Å²) in [5, 5.41) is 0.891. The van der Waals surface area contributed by atoms with Gasteiger partial charge in [0, 0.05) is 23.0 Å². The number of para-hydroxylation sites is 1. The van der Waals surface area contributed by atoms with Crippen LogP contribution in [-0.4, -0.2) is 45.7 Å². The summed E-state index contributed by atoms with van der Waals surface area (Å²) in [6, 6.07) is 11.3. The number of fused-ring (bicyclic) bond motifs is 6. The van der Waals surface area contributed by atoms with Gasteiger partial charge in [-0.15, -0.1) is 0 Å². The molecule has 0 aliphatic carbocycles. The van der Waals surface area contributed by atoms with Gasteiger partial charge in [0.2, 0.25) is 0 Å². The zero-order valence-corrected chi connectivity index (χ0v) is 21.8. The van der Waals surface area contributed by atoms with Crippen molar-refractivity contribution in [1.29, 1.82) is 0 Å². The van der Waals surface area contributed by atoms with Crippen molar-refractivity contribution in [3.63, 3.8) is 0 Å². The monoisotopic (exact) mass is 507 g/mol. The number of ether oxygens (including phenoxy) is 2. The summed E-state index contributed by atoms with van der Waals surface area (Å²) in [6.45, 7) is 10.4. The largest absolute Gasteiger partial charge is 0.444 e. The standard InChI is InChI=1S/C28H30FN3O5/c1-26(2,3)36-24(34)31-14-13-18-17-9-7-8-10-20(17)30-22(18)28(31)19-15-16(29)11-12-21(19)32(23(28)33)25(35)37-27(4,5)6/h7-12,15,30H,13-14H2,1-6H3/t28-/m1/s1. The Hall–Kier alpha value is -3.88. The summed E-state index contributed by atoms with van der Waals surface area (Å²) in [5.41, 5.74) is -1.28. The number of anilines is 1. The van der Waals surface area contributed by atoms with Crippen molar-refractivity contribution in [2.75, 3.05) is 11.4 Å². The molecule has 0 unspecified atom stereocenters. The van der Waals surface area contributed by atoms with Crippen LogP contribution < -0.4 is 4.90 Å². The maximum atomic E-state index is 14.8. The molecule has 2 aromatic carbocycles. The van der Waals surface area contributed by atoms with Crippen LogP contribution in [-0.2, 0) is 26.2 Å². The molecule has 2 aliphatic rings. The number of rotatable bonds is 0. The van der Waals surface area contributed by atoms with Gasteiger partial charge in [-0.1, -0.05) is 18.2 Å². The molecule has 0 saturated heterocycles. The molecule has 3 amide bonds. The lowest BCUT2D eigenvalue weighted by molar-refractivity contribution is -0.128. The fourth-order valence-electron chi connectivity index (χ4n) is 5.21. The number of H-pyrrole nitrogens is 1. The van der Waals surface area contributed by atoms with Gasteiger partial charge in [0.05, 0.1) is 11.4 Å². The minimum atomic E-state index is -1.86. The molecule has 1 N–H and O–H groups in total. The normalized spacial score (nSPS) is 19.3. The minimum absolute atomic E-state index is 0.119. The number of carbonyl (C=O) groups excluding carboxylic acids is 3. The first-order chi connectivity index (χ1) is 17.2. The number of halogens is 1. The Labute approximate surface area is 214 Å². The van der Waals surface area contributed by atoms with E-state index in [-0.39, 0.29) is 17.8 Å². The van der Waals surface area contributed by atoms with Crippen molar-refractivity contribution in [3.8, 4) is 0 Å². The van der Waals surface area contributed by atoms with E-state index in [4.69, 9.17) is 9.47 Å². The number of nitrogens with zero attached hydrogens (tertiary/aromatic N) is 2. The molecule has 9 heteroatoms. The number of imide groups is 1. The van der Waals surface area contributed by atoms with Crippen LogP contribution in [0.1, 0.15) is 58.4 Å². The second-order valence-corrected chi connectivity index (χ2v) is 11.4. The highest BCUT2D eigenvalue weighted by molar-refractivity contribution is 6.23. The van der Waals surface area contributed by atoms with E-state index in [1.165, 1.54) is 23.1 Å². The molecule has 0 bridgehead atoms. The first-order valence-electron chi connectivity index (χ1n) is 12.2. The number of amides is 3. The summed E-state index contributed by atoms with van der Waals surface area (Å²) in [5.74, 6) is -1.34. The van der Waals surface area contributed by atoms with Gasteiger partial charge in [0.25, 0.3) is 5.91 Å². The van der Waals surface area contributed by atoms with Gasteiger partial charge < -0.3 is 14.5 Å². The van der Waals surface area contributed by atoms with Crippen LogP contribution in [0.15, 0.2) is 42.5 Å². The van der Waals surface area contributed by atoms with E-state index in [0.717, 1.165) is 21.4 Å². The second-order valence-electron chi connectivity index (χ2n) is 11.4. The molecule has 3 heterocycles. The molecule has 2 aliphatic heterocycles. The third-order valence-corrected chi connectivity index (χ3v) is 6.46. The minimum Gasteiger partial charge on any atom is -0.444 e. The zero-order chi connectivity index (χ0) is 26.9. The van der Waals surface area contributed by atoms with Crippen molar-refractivity contribution in [1.82, 2.24) is 9.88 Å². The quantitative estimate of drug-likeness (QED) is 0.426. The number of nitrogens with one attached hydrogen (secondary N) is 1. The maximum absolute atomic E-state index is 14.8. The molecule has 1 aromatic heterocycles. The van der Waals surface area contributed by atoms with Gasteiger partial charge in [0.1, 0.15) is 17.0 Å². The van der Waals surface area contributed by atoms with E-state index in [1.54, 1.807) is 41.5 Å². The van der Waals surface area contributed by atoms with Gasteiger partial charge in [-0.05, 0) is 77.8 Å². The molecular weight excluding hydrogens is 477 g/mol. The fraction of sp³-hybridized carbons (Fsp3) is 0.393. The molecular formula is C28H30FN3O5. The van der Waals surface area contributed by atoms with Crippen LogP contribution in [0.2, 0.25) is 0 Å². The van der Waals surface area contributed by atoms with E-state index in [2.05, 4.69) is 4.98 Å². The summed E-state index contributed by atoms with van der Waals surface area (Å²) in [4.78, 5) is 47.1. The van der Waals surface area contributed by atoms with Crippen molar-refractivity contribution in [2.45, 2.75) is 64.7 Å². The number of carbonyl (C=O) groups is 3. The topological polar surface area (TPSA) is 91.9 Å². The second kappa shape index (κ2) is 8.06. The molecule has 194 valence electrons. The Morgan fingerprint density at radius 1 is 0.973 bits per heavy atom. The molecule has 1 atom stereocenters. The molecule has 0 radical (unpaired) electrons. The van der Waals surface area contributed by atoms with Crippen LogP contribution in [0.4, 0.5) is 19.7 Å². The van der Waals surface area contributed by atoms with E-state index >= 15 is 0 Å². The van der Waals surface area contributed by atoms with E-state index in [1.807, 2.05) is 24.3 Å². The number of hydrogen-bond donors (Lipinski definition) is 1. The Bertz CT molecular complexity index is 1450. The molecule has 0 fully saturated rings. The molecule has 0 saturated carbocycles. The van der Waals surface area contributed by atoms with E-state index in [0.29, 0.717) is 12.1 Å². The van der Waals surface area contributed by atoms with Gasteiger partial charge in [-0.25, -0.2) is 18.9 Å². The van der Waals surface area contributed by atoms with Crippen molar-refractivity contribution in [3.05, 3.63) is 65.1 Å². The third-order valence-electron chi connectivity index (χ3n) is 6.46. The van der Waals surface area contributed by atoms with Crippen molar-refractivity contribution >= 4 is 34.7 Å². The van der Waals surface area contributed by atoms with Crippen LogP contribution in [0.5, 0.6) is 0 Å². The third kappa shape index (κ3) is 3.84. The van der Waals surface area contributed by atoms with Crippen LogP contribution in [0.3, 0.4) is 0 Å². The Morgan fingerprint density at radius 3 is 2.30 bits per heavy atom. The first-order valence-corrected chi connectivity index (χ1v) is 12.2. The van der Waals surface area contributed by atoms with Crippen molar-refractivity contribution < 1.29 is 28.2 Å². The lowest BCUT2D eigenvalue weighted by Gasteiger charge is -2.43. The van der Waals surface area contributed by atoms with E-state index in [9.17, 15) is 18.8 Å².